The molecule has 12 nitrogen and oxygen atoms in total. The van der Waals surface area contributed by atoms with Crippen molar-refractivity contribution in [3.63, 3.8) is 0 Å². The minimum atomic E-state index is -4.10. The number of ether oxygens (including phenoxy) is 2. The van der Waals surface area contributed by atoms with Crippen LogP contribution in [0.5, 0.6) is 0 Å². The maximum Gasteiger partial charge on any atom is 0.475 e. The summed E-state index contributed by atoms with van der Waals surface area (Å²) in [4.78, 5) is 29.8. The summed E-state index contributed by atoms with van der Waals surface area (Å²) in [5.41, 5.74) is -2.16. The molecule has 35 heavy (non-hydrogen) atoms. The summed E-state index contributed by atoms with van der Waals surface area (Å²) >= 11 is 0. The van der Waals surface area contributed by atoms with E-state index in [2.05, 4.69) is 9.97 Å². The second-order valence-electron chi connectivity index (χ2n) is 8.46. The van der Waals surface area contributed by atoms with Gasteiger partial charge in [-0.05, 0) is 24.6 Å². The number of hydrogen-bond acceptors (Lipinski definition) is 12. The number of H-pyrrole nitrogens is 1. The Bertz CT molecular complexity index is 1210. The SMILES string of the molecule is CC1(O)C2OP(=O)(OC3CSSCC3OCc3ccncc3)OCC2OC1n1ccc(=O)[nH]c1=O. The van der Waals surface area contributed by atoms with E-state index in [1.807, 2.05) is 12.1 Å². The van der Waals surface area contributed by atoms with Crippen molar-refractivity contribution in [2.75, 3.05) is 18.1 Å². The van der Waals surface area contributed by atoms with Gasteiger partial charge in [0.1, 0.15) is 23.9 Å². The van der Waals surface area contributed by atoms with Crippen LogP contribution in [0.2, 0.25) is 0 Å². The molecule has 5 rings (SSSR count). The van der Waals surface area contributed by atoms with Gasteiger partial charge in [0.05, 0.1) is 19.3 Å². The van der Waals surface area contributed by atoms with E-state index in [1.54, 1.807) is 34.0 Å². The molecule has 190 valence electrons. The van der Waals surface area contributed by atoms with Gasteiger partial charge >= 0.3 is 13.5 Å². The summed E-state index contributed by atoms with van der Waals surface area (Å²) < 4.78 is 43.4. The number of nitrogens with zero attached hydrogens (tertiary/aromatic N) is 2. The third-order valence-corrected chi connectivity index (χ3v) is 9.79. The van der Waals surface area contributed by atoms with Crippen LogP contribution in [0.25, 0.3) is 0 Å². The molecule has 15 heteroatoms. The first-order chi connectivity index (χ1) is 16.7. The molecule has 7 atom stereocenters. The number of hydrogen-bond donors (Lipinski definition) is 2. The van der Waals surface area contributed by atoms with E-state index < -0.39 is 49.2 Å². The van der Waals surface area contributed by atoms with Crippen LogP contribution in [0.1, 0.15) is 18.7 Å². The van der Waals surface area contributed by atoms with Crippen LogP contribution < -0.4 is 11.2 Å². The van der Waals surface area contributed by atoms with Crippen LogP contribution in [0.3, 0.4) is 0 Å². The lowest BCUT2D eigenvalue weighted by Crippen LogP contribution is -2.49. The van der Waals surface area contributed by atoms with E-state index in [4.69, 9.17) is 23.0 Å². The molecule has 5 heterocycles. The van der Waals surface area contributed by atoms with Gasteiger partial charge in [0.15, 0.2) is 6.23 Å². The Morgan fingerprint density at radius 1 is 1.26 bits per heavy atom. The Labute approximate surface area is 207 Å². The molecule has 3 aliphatic heterocycles. The second-order valence-corrected chi connectivity index (χ2v) is 12.6. The largest absolute Gasteiger partial charge is 0.475 e. The van der Waals surface area contributed by atoms with E-state index in [-0.39, 0.29) is 12.7 Å². The average Bonchev–Trinajstić information content (AvgIpc) is 3.08. The Morgan fingerprint density at radius 2 is 2.00 bits per heavy atom. The van der Waals surface area contributed by atoms with Crippen LogP contribution in [0.4, 0.5) is 0 Å². The Hall–Kier alpha value is -1.48. The minimum absolute atomic E-state index is 0.177. The maximum atomic E-state index is 13.5. The van der Waals surface area contributed by atoms with Crippen LogP contribution in [0, 0.1) is 0 Å². The quantitative estimate of drug-likeness (QED) is 0.399. The molecular formula is C20H24N3O9PS2. The number of phosphoric ester groups is 1. The van der Waals surface area contributed by atoms with Gasteiger partial charge in [0, 0.05) is 36.2 Å². The number of phosphoric acid groups is 1. The molecule has 2 aromatic heterocycles. The first kappa shape index (κ1) is 25.2. The predicted molar refractivity (Wildman–Crippen MR) is 127 cm³/mol. The van der Waals surface area contributed by atoms with E-state index in [1.165, 1.54) is 13.1 Å². The number of aromatic amines is 1. The molecule has 0 spiro atoms. The van der Waals surface area contributed by atoms with Crippen LogP contribution in [-0.4, -0.2) is 67.8 Å². The van der Waals surface area contributed by atoms with E-state index in [0.29, 0.717) is 18.1 Å². The molecule has 7 unspecified atom stereocenters. The topological polar surface area (TPSA) is 151 Å². The van der Waals surface area contributed by atoms with Crippen molar-refractivity contribution in [3.8, 4) is 0 Å². The number of nitrogens with one attached hydrogen (secondary N) is 1. The molecule has 0 saturated carbocycles. The standard InChI is InChI=1S/C20H24N3O9PS2/c1-20(26)17-13(30-18(20)23-7-4-16(24)22-19(23)25)9-29-33(27,32-17)31-15-11-35-34-10-14(15)28-8-12-2-5-21-6-3-12/h2-7,13-15,17-18,26H,8-11H2,1H3,(H,22,24,25). The first-order valence-corrected chi connectivity index (χ1v) is 14.8. The van der Waals surface area contributed by atoms with Crippen molar-refractivity contribution in [3.05, 3.63) is 63.2 Å². The fraction of sp³-hybridized carbons (Fsp3) is 0.550. The molecule has 3 fully saturated rings. The van der Waals surface area contributed by atoms with Gasteiger partial charge in [-0.15, -0.1) is 0 Å². The molecular weight excluding hydrogens is 521 g/mol. The third-order valence-electron chi connectivity index (χ3n) is 5.90. The first-order valence-electron chi connectivity index (χ1n) is 10.8. The molecule has 0 bridgehead atoms. The summed E-state index contributed by atoms with van der Waals surface area (Å²) in [6.45, 7) is 1.57. The lowest BCUT2D eigenvalue weighted by molar-refractivity contribution is -0.0983. The fourth-order valence-electron chi connectivity index (χ4n) is 4.09. The Kier molecular flexibility index (Phi) is 7.28. The number of aliphatic hydroxyl groups is 1. The summed E-state index contributed by atoms with van der Waals surface area (Å²) in [6.07, 6.45) is 0.530. The van der Waals surface area contributed by atoms with E-state index >= 15 is 0 Å². The van der Waals surface area contributed by atoms with Crippen molar-refractivity contribution in [2.45, 2.75) is 49.8 Å². The molecule has 3 aliphatic rings. The lowest BCUT2D eigenvalue weighted by atomic mass is 9.96. The van der Waals surface area contributed by atoms with Crippen molar-refractivity contribution in [1.82, 2.24) is 14.5 Å². The molecule has 0 amide bonds. The lowest BCUT2D eigenvalue weighted by Gasteiger charge is -2.38. The molecule has 0 radical (unpaired) electrons. The zero-order valence-electron chi connectivity index (χ0n) is 18.6. The highest BCUT2D eigenvalue weighted by Gasteiger charge is 2.60. The number of pyridine rings is 1. The molecule has 2 N–H and O–H groups in total. The highest BCUT2D eigenvalue weighted by Crippen LogP contribution is 2.60. The number of fused-ring (bicyclic) bond motifs is 1. The summed E-state index contributed by atoms with van der Waals surface area (Å²) in [5.74, 6) is 1.11. The average molecular weight is 546 g/mol. The predicted octanol–water partition coefficient (Wildman–Crippen LogP) is 1.47. The van der Waals surface area contributed by atoms with Gasteiger partial charge in [-0.3, -0.25) is 32.9 Å². The van der Waals surface area contributed by atoms with Gasteiger partial charge in [-0.25, -0.2) is 9.36 Å². The zero-order valence-corrected chi connectivity index (χ0v) is 21.1. The second kappa shape index (κ2) is 10.1. The summed E-state index contributed by atoms with van der Waals surface area (Å²) in [7, 11) is -0.908. The maximum absolute atomic E-state index is 13.5. The van der Waals surface area contributed by atoms with Gasteiger partial charge in [-0.2, -0.15) is 0 Å². The molecule has 0 aliphatic carbocycles. The molecule has 2 aromatic rings. The smallest absolute Gasteiger partial charge is 0.383 e. The van der Waals surface area contributed by atoms with Gasteiger partial charge in [0.25, 0.3) is 5.56 Å². The fourth-order valence-corrected chi connectivity index (χ4v) is 8.30. The van der Waals surface area contributed by atoms with Crippen LogP contribution in [-0.2, 0) is 34.2 Å². The Balaban J connectivity index is 1.29. The monoisotopic (exact) mass is 545 g/mol. The summed E-state index contributed by atoms with van der Waals surface area (Å²) in [5, 5.41) is 11.2. The highest BCUT2D eigenvalue weighted by molar-refractivity contribution is 8.76. The van der Waals surface area contributed by atoms with Crippen molar-refractivity contribution >= 4 is 29.4 Å². The van der Waals surface area contributed by atoms with E-state index in [0.717, 1.165) is 16.2 Å². The van der Waals surface area contributed by atoms with Gasteiger partial charge < -0.3 is 14.6 Å². The van der Waals surface area contributed by atoms with Crippen molar-refractivity contribution in [2.24, 2.45) is 0 Å². The molecule has 3 saturated heterocycles. The normalized spacial score (nSPS) is 37.1. The zero-order chi connectivity index (χ0) is 24.6. The van der Waals surface area contributed by atoms with Crippen molar-refractivity contribution < 1.29 is 32.7 Å². The van der Waals surface area contributed by atoms with Gasteiger partial charge in [-0.1, -0.05) is 21.6 Å². The van der Waals surface area contributed by atoms with Gasteiger partial charge in [0.2, 0.25) is 0 Å². The van der Waals surface area contributed by atoms with Crippen LogP contribution >= 0.6 is 29.4 Å². The summed E-state index contributed by atoms with van der Waals surface area (Å²) in [6, 6.07) is 4.84. The highest BCUT2D eigenvalue weighted by atomic mass is 33.1. The van der Waals surface area contributed by atoms with E-state index in [9.17, 15) is 19.3 Å². The van der Waals surface area contributed by atoms with Crippen LogP contribution in [0.15, 0.2) is 46.4 Å². The molecule has 0 aromatic carbocycles. The Morgan fingerprint density at radius 3 is 2.74 bits per heavy atom. The van der Waals surface area contributed by atoms with Crippen molar-refractivity contribution in [1.29, 1.82) is 0 Å². The number of aromatic nitrogens is 3. The number of rotatable bonds is 6. The minimum Gasteiger partial charge on any atom is -0.383 e. The third kappa shape index (κ3) is 5.31.